The van der Waals surface area contributed by atoms with E-state index < -0.39 is 7.12 Å². The lowest BCUT2D eigenvalue weighted by Crippen LogP contribution is -2.24. The molecule has 0 bridgehead atoms. The largest absolute Gasteiger partial charge is 0.458 e. The molecule has 0 radical (unpaired) electrons. The number of benzene rings is 1. The molecule has 2 rings (SSSR count). The molecule has 0 spiro atoms. The Balaban J connectivity index is 2.26. The van der Waals surface area contributed by atoms with Gasteiger partial charge in [0.1, 0.15) is 0 Å². The molecule has 0 saturated heterocycles. The van der Waals surface area contributed by atoms with E-state index >= 15 is 0 Å². The third-order valence-corrected chi connectivity index (χ3v) is 2.45. The minimum Gasteiger partial charge on any atom is -0.427 e. The summed E-state index contributed by atoms with van der Waals surface area (Å²) in [6.07, 6.45) is 2.54. The van der Waals surface area contributed by atoms with Crippen molar-refractivity contribution in [2.24, 2.45) is 0 Å². The van der Waals surface area contributed by atoms with Crippen LogP contribution in [0.3, 0.4) is 0 Å². The van der Waals surface area contributed by atoms with Gasteiger partial charge in [0.25, 0.3) is 0 Å². The van der Waals surface area contributed by atoms with E-state index in [-0.39, 0.29) is 6.10 Å². The average Bonchev–Trinajstić information content (AvgIpc) is 2.23. The fourth-order valence-electron chi connectivity index (χ4n) is 1.68. The number of allylic oxidation sites excluding steroid dienone is 1. The highest BCUT2D eigenvalue weighted by atomic mass is 16.5. The van der Waals surface area contributed by atoms with Crippen molar-refractivity contribution in [3.8, 4) is 0 Å². The van der Waals surface area contributed by atoms with Crippen molar-refractivity contribution in [2.45, 2.75) is 19.3 Å². The highest BCUT2D eigenvalue weighted by molar-refractivity contribution is 6.43. The van der Waals surface area contributed by atoms with Crippen molar-refractivity contribution < 1.29 is 9.68 Å². The minimum atomic E-state index is -0.663. The van der Waals surface area contributed by atoms with E-state index in [9.17, 15) is 5.02 Å². The molecule has 0 fully saturated rings. The lowest BCUT2D eigenvalue weighted by molar-refractivity contribution is 0.192. The molecule has 0 aliphatic carbocycles. The summed E-state index contributed by atoms with van der Waals surface area (Å²) in [5, 5.41) is 9.39. The van der Waals surface area contributed by atoms with E-state index in [1.807, 2.05) is 43.3 Å². The van der Waals surface area contributed by atoms with Crippen molar-refractivity contribution >= 4 is 7.12 Å². The third kappa shape index (κ3) is 1.89. The fourth-order valence-corrected chi connectivity index (χ4v) is 1.68. The molecule has 1 aromatic carbocycles. The number of hydrogen-bond donors (Lipinski definition) is 1. The first-order valence-electron chi connectivity index (χ1n) is 4.82. The third-order valence-electron chi connectivity index (χ3n) is 2.45. The normalized spacial score (nSPS) is 22.0. The van der Waals surface area contributed by atoms with Gasteiger partial charge in [-0.1, -0.05) is 36.4 Å². The second-order valence-electron chi connectivity index (χ2n) is 3.57. The lowest BCUT2D eigenvalue weighted by Gasteiger charge is -2.25. The molecule has 1 heterocycles. The van der Waals surface area contributed by atoms with E-state index in [4.69, 9.17) is 4.65 Å². The first-order valence-corrected chi connectivity index (χ1v) is 4.82. The highest BCUT2D eigenvalue weighted by Crippen LogP contribution is 2.30. The smallest absolute Gasteiger partial charge is 0.427 e. The molecule has 1 aliphatic heterocycles. The van der Waals surface area contributed by atoms with Gasteiger partial charge in [-0.3, -0.25) is 0 Å². The summed E-state index contributed by atoms with van der Waals surface area (Å²) in [7, 11) is -0.663. The Morgan fingerprint density at radius 1 is 1.36 bits per heavy atom. The number of hydrogen-bond acceptors (Lipinski definition) is 2. The van der Waals surface area contributed by atoms with E-state index in [0.717, 1.165) is 5.56 Å². The molecular weight excluding hydrogens is 175 g/mol. The zero-order valence-electron chi connectivity index (χ0n) is 8.18. The second kappa shape index (κ2) is 3.99. The van der Waals surface area contributed by atoms with E-state index in [1.165, 1.54) is 5.57 Å². The van der Waals surface area contributed by atoms with Crippen LogP contribution in [0.2, 0.25) is 6.32 Å². The van der Waals surface area contributed by atoms with Crippen LogP contribution in [0.4, 0.5) is 0 Å². The average molecular weight is 188 g/mol. The molecule has 0 saturated carbocycles. The molecule has 3 heteroatoms. The van der Waals surface area contributed by atoms with Gasteiger partial charge in [-0.05, 0) is 18.1 Å². The molecule has 1 aliphatic rings. The van der Waals surface area contributed by atoms with Gasteiger partial charge in [0, 0.05) is 6.32 Å². The first kappa shape index (κ1) is 9.50. The standard InChI is InChI=1S/C11H13BO2/c1-9-7-8-12(13)14-11(9)10-5-3-2-4-6-10/h2-7,11,13H,8H2,1H3. The summed E-state index contributed by atoms with van der Waals surface area (Å²) in [6.45, 7) is 2.03. The lowest BCUT2D eigenvalue weighted by atomic mass is 9.79. The topological polar surface area (TPSA) is 29.5 Å². The summed E-state index contributed by atoms with van der Waals surface area (Å²) >= 11 is 0. The predicted octanol–water partition coefficient (Wildman–Crippen LogP) is 2.18. The van der Waals surface area contributed by atoms with Crippen molar-refractivity contribution in [1.29, 1.82) is 0 Å². The summed E-state index contributed by atoms with van der Waals surface area (Å²) in [5.41, 5.74) is 2.27. The monoisotopic (exact) mass is 188 g/mol. The Morgan fingerprint density at radius 2 is 2.07 bits per heavy atom. The molecule has 1 atom stereocenters. The van der Waals surface area contributed by atoms with Gasteiger partial charge in [0.05, 0.1) is 6.10 Å². The van der Waals surface area contributed by atoms with Gasteiger partial charge in [0.2, 0.25) is 0 Å². The molecule has 1 aromatic rings. The molecule has 0 amide bonds. The Morgan fingerprint density at radius 3 is 2.79 bits per heavy atom. The SMILES string of the molecule is CC1=CCB(O)OC1c1ccccc1. The number of rotatable bonds is 1. The van der Waals surface area contributed by atoms with Crippen LogP contribution in [-0.4, -0.2) is 12.1 Å². The van der Waals surface area contributed by atoms with Crippen LogP contribution in [0.5, 0.6) is 0 Å². The van der Waals surface area contributed by atoms with Crippen molar-refractivity contribution in [3.05, 3.63) is 47.5 Å². The molecule has 14 heavy (non-hydrogen) atoms. The van der Waals surface area contributed by atoms with Crippen LogP contribution in [0.1, 0.15) is 18.6 Å². The molecule has 1 N–H and O–H groups in total. The van der Waals surface area contributed by atoms with Gasteiger partial charge in [-0.25, -0.2) is 0 Å². The van der Waals surface area contributed by atoms with Gasteiger partial charge in [-0.15, -0.1) is 0 Å². The van der Waals surface area contributed by atoms with Crippen LogP contribution >= 0.6 is 0 Å². The molecule has 2 nitrogen and oxygen atoms in total. The highest BCUT2D eigenvalue weighted by Gasteiger charge is 2.25. The molecular formula is C11H13BO2. The predicted molar refractivity (Wildman–Crippen MR) is 56.8 cm³/mol. The van der Waals surface area contributed by atoms with Crippen LogP contribution in [-0.2, 0) is 4.65 Å². The van der Waals surface area contributed by atoms with Gasteiger partial charge >= 0.3 is 7.12 Å². The van der Waals surface area contributed by atoms with Gasteiger partial charge in [0.15, 0.2) is 0 Å². The maximum atomic E-state index is 9.39. The summed E-state index contributed by atoms with van der Waals surface area (Å²) in [6, 6.07) is 9.96. The summed E-state index contributed by atoms with van der Waals surface area (Å²) < 4.78 is 5.47. The Hall–Kier alpha value is -1.06. The van der Waals surface area contributed by atoms with Crippen LogP contribution in [0.15, 0.2) is 42.0 Å². The zero-order chi connectivity index (χ0) is 9.97. The Bertz CT molecular complexity index is 334. The van der Waals surface area contributed by atoms with Crippen LogP contribution in [0, 0.1) is 0 Å². The van der Waals surface area contributed by atoms with E-state index in [0.29, 0.717) is 6.32 Å². The zero-order valence-corrected chi connectivity index (χ0v) is 8.18. The molecule has 0 aromatic heterocycles. The Kier molecular flexibility index (Phi) is 2.70. The molecule has 1 unspecified atom stereocenters. The maximum Gasteiger partial charge on any atom is 0.458 e. The minimum absolute atomic E-state index is 0.0834. The summed E-state index contributed by atoms with van der Waals surface area (Å²) in [4.78, 5) is 0. The van der Waals surface area contributed by atoms with Gasteiger partial charge < -0.3 is 9.68 Å². The van der Waals surface area contributed by atoms with Crippen LogP contribution in [0.25, 0.3) is 0 Å². The fraction of sp³-hybridized carbons (Fsp3) is 0.273. The van der Waals surface area contributed by atoms with Crippen molar-refractivity contribution in [3.63, 3.8) is 0 Å². The molecule has 72 valence electrons. The van der Waals surface area contributed by atoms with Crippen LogP contribution < -0.4 is 0 Å². The van der Waals surface area contributed by atoms with E-state index in [1.54, 1.807) is 0 Å². The van der Waals surface area contributed by atoms with Crippen molar-refractivity contribution in [2.75, 3.05) is 0 Å². The first-order chi connectivity index (χ1) is 6.77. The second-order valence-corrected chi connectivity index (χ2v) is 3.57. The Labute approximate surface area is 84.4 Å². The maximum absolute atomic E-state index is 9.39. The van der Waals surface area contributed by atoms with E-state index in [2.05, 4.69) is 0 Å². The summed E-state index contributed by atoms with van der Waals surface area (Å²) in [5.74, 6) is 0. The van der Waals surface area contributed by atoms with Gasteiger partial charge in [-0.2, -0.15) is 0 Å². The van der Waals surface area contributed by atoms with Crippen molar-refractivity contribution in [1.82, 2.24) is 0 Å². The quantitative estimate of drug-likeness (QED) is 0.540.